The molecule has 1 aromatic heterocycles. The van der Waals surface area contributed by atoms with Crippen molar-refractivity contribution < 1.29 is 19.4 Å². The van der Waals surface area contributed by atoms with Crippen molar-refractivity contribution in [3.05, 3.63) is 45.2 Å². The zero-order chi connectivity index (χ0) is 19.0. The van der Waals surface area contributed by atoms with Crippen LogP contribution in [0, 0.1) is 5.92 Å². The third kappa shape index (κ3) is 3.29. The van der Waals surface area contributed by atoms with Gasteiger partial charge in [-0.2, -0.15) is 0 Å². The van der Waals surface area contributed by atoms with Crippen molar-refractivity contribution in [2.45, 2.75) is 26.3 Å². The Morgan fingerprint density at radius 2 is 2.15 bits per heavy atom. The molecular weight excluding hydrogens is 358 g/mol. The average Bonchev–Trinajstić information content (AvgIpc) is 2.70. The van der Waals surface area contributed by atoms with E-state index >= 15 is 0 Å². The summed E-state index contributed by atoms with van der Waals surface area (Å²) in [7, 11) is 1.52. The Bertz CT molecular complexity index is 919. The topological polar surface area (TPSA) is 77.8 Å². The SMILES string of the molecule is COc1cc2c(cc1Cl)-c1cc(=O)c(C(=O)O)cn1[C@H](CC(C)C)CO2. The molecule has 6 nitrogen and oxygen atoms in total. The van der Waals surface area contributed by atoms with E-state index < -0.39 is 11.4 Å². The normalized spacial score (nSPS) is 15.7. The number of methoxy groups -OCH3 is 1. The number of benzene rings is 1. The maximum absolute atomic E-state index is 12.3. The van der Waals surface area contributed by atoms with E-state index in [4.69, 9.17) is 21.1 Å². The van der Waals surface area contributed by atoms with Crippen molar-refractivity contribution in [1.29, 1.82) is 0 Å². The van der Waals surface area contributed by atoms with E-state index in [9.17, 15) is 14.7 Å². The van der Waals surface area contributed by atoms with E-state index in [2.05, 4.69) is 13.8 Å². The van der Waals surface area contributed by atoms with Gasteiger partial charge in [0, 0.05) is 23.9 Å². The number of pyridine rings is 1. The van der Waals surface area contributed by atoms with Crippen LogP contribution in [0.25, 0.3) is 11.3 Å². The molecule has 3 rings (SSSR count). The molecule has 0 amide bonds. The smallest absolute Gasteiger partial charge is 0.341 e. The van der Waals surface area contributed by atoms with Gasteiger partial charge in [-0.05, 0) is 18.4 Å². The summed E-state index contributed by atoms with van der Waals surface area (Å²) in [6.45, 7) is 4.52. The van der Waals surface area contributed by atoms with Crippen LogP contribution in [0.1, 0.15) is 36.7 Å². The van der Waals surface area contributed by atoms with Crippen LogP contribution < -0.4 is 14.9 Å². The lowest BCUT2D eigenvalue weighted by atomic mass is 10.0. The number of nitrogens with zero attached hydrogens (tertiary/aromatic N) is 1. The zero-order valence-corrected chi connectivity index (χ0v) is 15.5. The second-order valence-corrected chi connectivity index (χ2v) is 7.13. The number of aromatic carboxylic acids is 1. The van der Waals surface area contributed by atoms with Gasteiger partial charge in [0.25, 0.3) is 0 Å². The Morgan fingerprint density at radius 1 is 1.42 bits per heavy atom. The highest BCUT2D eigenvalue weighted by molar-refractivity contribution is 6.32. The minimum atomic E-state index is -1.24. The fourth-order valence-electron chi connectivity index (χ4n) is 3.23. The Kier molecular flexibility index (Phi) is 4.96. The minimum Gasteiger partial charge on any atom is -0.495 e. The highest BCUT2D eigenvalue weighted by Crippen LogP contribution is 2.41. The van der Waals surface area contributed by atoms with Crippen LogP contribution in [0.2, 0.25) is 5.02 Å². The molecule has 0 radical (unpaired) electrons. The first kappa shape index (κ1) is 18.3. The first-order valence-corrected chi connectivity index (χ1v) is 8.69. The summed E-state index contributed by atoms with van der Waals surface area (Å²) in [6.07, 6.45) is 2.18. The monoisotopic (exact) mass is 377 g/mol. The number of carboxylic acids is 1. The first-order chi connectivity index (χ1) is 12.3. The maximum atomic E-state index is 12.3. The van der Waals surface area contributed by atoms with E-state index in [1.807, 2.05) is 4.57 Å². The summed E-state index contributed by atoms with van der Waals surface area (Å²) in [5.41, 5.74) is 0.413. The summed E-state index contributed by atoms with van der Waals surface area (Å²) in [5, 5.41) is 9.72. The zero-order valence-electron chi connectivity index (χ0n) is 14.8. The Balaban J connectivity index is 2.27. The summed E-state index contributed by atoms with van der Waals surface area (Å²) < 4.78 is 13.0. The van der Waals surface area contributed by atoms with Crippen LogP contribution in [0.3, 0.4) is 0 Å². The maximum Gasteiger partial charge on any atom is 0.341 e. The van der Waals surface area contributed by atoms with Crippen molar-refractivity contribution in [3.8, 4) is 22.8 Å². The molecule has 0 saturated carbocycles. The minimum absolute atomic E-state index is 0.110. The molecule has 138 valence electrons. The molecule has 0 fully saturated rings. The van der Waals surface area contributed by atoms with Crippen molar-refractivity contribution in [1.82, 2.24) is 4.57 Å². The molecule has 1 aliphatic heterocycles. The van der Waals surface area contributed by atoms with Crippen molar-refractivity contribution in [2.24, 2.45) is 5.92 Å². The van der Waals surface area contributed by atoms with Crippen LogP contribution in [0.4, 0.5) is 0 Å². The number of carbonyl (C=O) groups is 1. The van der Waals surface area contributed by atoms with Crippen molar-refractivity contribution >= 4 is 17.6 Å². The Hall–Kier alpha value is -2.47. The summed E-state index contributed by atoms with van der Waals surface area (Å²) in [5.74, 6) is 0.146. The number of ether oxygens (including phenoxy) is 2. The highest BCUT2D eigenvalue weighted by atomic mass is 35.5. The summed E-state index contributed by atoms with van der Waals surface area (Å²) in [4.78, 5) is 23.7. The molecule has 26 heavy (non-hydrogen) atoms. The number of hydrogen-bond acceptors (Lipinski definition) is 4. The van der Waals surface area contributed by atoms with E-state index in [0.717, 1.165) is 6.42 Å². The van der Waals surface area contributed by atoms with Gasteiger partial charge in [-0.15, -0.1) is 0 Å². The number of hydrogen-bond donors (Lipinski definition) is 1. The molecule has 0 saturated heterocycles. The molecule has 0 spiro atoms. The van der Waals surface area contributed by atoms with Crippen molar-refractivity contribution in [2.75, 3.05) is 13.7 Å². The highest BCUT2D eigenvalue weighted by Gasteiger charge is 2.26. The van der Waals surface area contributed by atoms with Gasteiger partial charge in [-0.25, -0.2) is 4.79 Å². The number of aromatic nitrogens is 1. The van der Waals surface area contributed by atoms with Gasteiger partial charge in [0.15, 0.2) is 5.43 Å². The molecule has 0 bridgehead atoms. The van der Waals surface area contributed by atoms with Crippen LogP contribution in [0.5, 0.6) is 11.5 Å². The Morgan fingerprint density at radius 3 is 2.77 bits per heavy atom. The second kappa shape index (κ2) is 7.03. The van der Waals surface area contributed by atoms with Crippen LogP contribution >= 0.6 is 11.6 Å². The molecule has 0 aliphatic carbocycles. The lowest BCUT2D eigenvalue weighted by molar-refractivity contribution is 0.0694. The second-order valence-electron chi connectivity index (χ2n) is 6.73. The molecule has 1 atom stereocenters. The van der Waals surface area contributed by atoms with E-state index in [1.54, 1.807) is 12.1 Å². The predicted molar refractivity (Wildman–Crippen MR) is 98.6 cm³/mol. The molecule has 1 N–H and O–H groups in total. The van der Waals surface area contributed by atoms with E-state index in [0.29, 0.717) is 40.3 Å². The molecule has 1 aliphatic rings. The fourth-order valence-corrected chi connectivity index (χ4v) is 3.47. The molecule has 0 unspecified atom stereocenters. The van der Waals surface area contributed by atoms with Gasteiger partial charge in [-0.3, -0.25) is 4.79 Å². The van der Waals surface area contributed by atoms with E-state index in [1.165, 1.54) is 19.4 Å². The summed E-state index contributed by atoms with van der Waals surface area (Å²) in [6, 6.07) is 4.60. The van der Waals surface area contributed by atoms with Crippen molar-refractivity contribution in [3.63, 3.8) is 0 Å². The molecule has 2 aromatic rings. The third-order valence-electron chi connectivity index (χ3n) is 4.41. The first-order valence-electron chi connectivity index (χ1n) is 8.32. The fraction of sp³-hybridized carbons (Fsp3) is 0.368. The van der Waals surface area contributed by atoms with E-state index in [-0.39, 0.29) is 11.6 Å². The third-order valence-corrected chi connectivity index (χ3v) is 4.70. The van der Waals surface area contributed by atoms with Gasteiger partial charge in [0.1, 0.15) is 23.7 Å². The average molecular weight is 378 g/mol. The lowest BCUT2D eigenvalue weighted by Crippen LogP contribution is -2.23. The van der Waals surface area contributed by atoms with Gasteiger partial charge in [-0.1, -0.05) is 25.4 Å². The predicted octanol–water partition coefficient (Wildman–Crippen LogP) is 3.86. The molecule has 7 heteroatoms. The van der Waals surface area contributed by atoms with Gasteiger partial charge in [0.2, 0.25) is 0 Å². The number of rotatable bonds is 4. The molecule has 1 aromatic carbocycles. The number of fused-ring (bicyclic) bond motifs is 3. The molecular formula is C19H20ClNO5. The number of carboxylic acid groups (broad SMARTS) is 1. The Labute approximate surface area is 155 Å². The summed E-state index contributed by atoms with van der Waals surface area (Å²) >= 11 is 6.26. The number of halogens is 1. The van der Waals surface area contributed by atoms with Gasteiger partial charge in [0.05, 0.1) is 23.9 Å². The van der Waals surface area contributed by atoms with Crippen LogP contribution in [-0.4, -0.2) is 29.4 Å². The largest absolute Gasteiger partial charge is 0.495 e. The quantitative estimate of drug-likeness (QED) is 0.875. The van der Waals surface area contributed by atoms with Crippen LogP contribution in [0.15, 0.2) is 29.2 Å². The standard InChI is InChI=1S/C19H20ClNO5/c1-10(2)4-11-9-26-17-7-18(25-3)14(20)5-12(17)15-6-16(22)13(19(23)24)8-21(11)15/h5-8,10-11H,4,9H2,1-3H3,(H,23,24)/t11-/m1/s1. The lowest BCUT2D eigenvalue weighted by Gasteiger charge is -2.22. The molecule has 2 heterocycles. The van der Waals surface area contributed by atoms with Crippen LogP contribution in [-0.2, 0) is 0 Å². The van der Waals surface area contributed by atoms with Gasteiger partial charge >= 0.3 is 5.97 Å². The van der Waals surface area contributed by atoms with Gasteiger partial charge < -0.3 is 19.1 Å².